The van der Waals surface area contributed by atoms with Crippen LogP contribution in [0.15, 0.2) is 0 Å². The van der Waals surface area contributed by atoms with Crippen molar-refractivity contribution in [2.75, 3.05) is 17.4 Å². The average Bonchev–Trinajstić information content (AvgIpc) is 2.40. The van der Waals surface area contributed by atoms with Crippen LogP contribution in [0.5, 0.6) is 0 Å². The zero-order chi connectivity index (χ0) is 12.8. The lowest BCUT2D eigenvalue weighted by Crippen LogP contribution is -2.43. The van der Waals surface area contributed by atoms with E-state index in [-0.39, 0.29) is 5.91 Å². The molecular weight excluding hydrogens is 266 g/mol. The van der Waals surface area contributed by atoms with E-state index in [2.05, 4.69) is 5.32 Å². The van der Waals surface area contributed by atoms with E-state index in [1.165, 1.54) is 43.6 Å². The van der Waals surface area contributed by atoms with Crippen molar-refractivity contribution in [2.24, 2.45) is 11.8 Å². The number of hydrogen-bond donors (Lipinski definition) is 1. The second kappa shape index (κ2) is 7.64. The van der Waals surface area contributed by atoms with E-state index in [9.17, 15) is 4.79 Å². The van der Waals surface area contributed by atoms with Crippen molar-refractivity contribution in [3.63, 3.8) is 0 Å². The van der Waals surface area contributed by atoms with Crippen molar-refractivity contribution >= 4 is 29.3 Å². The summed E-state index contributed by atoms with van der Waals surface area (Å²) in [6.07, 6.45) is 7.94. The van der Waals surface area contributed by atoms with Gasteiger partial charge in [-0.05, 0) is 49.0 Å². The molecule has 0 aromatic carbocycles. The summed E-state index contributed by atoms with van der Waals surface area (Å²) in [5.74, 6) is 4.51. The van der Waals surface area contributed by atoms with E-state index in [4.69, 9.17) is 11.6 Å². The Kier molecular flexibility index (Phi) is 6.16. The number of alkyl halides is 1. The number of carbonyl (C=O) groups is 1. The van der Waals surface area contributed by atoms with Gasteiger partial charge in [0.2, 0.25) is 5.91 Å². The van der Waals surface area contributed by atoms with Gasteiger partial charge < -0.3 is 5.32 Å². The molecular formula is C14H24ClNOS. The molecule has 0 aromatic heterocycles. The molecule has 4 heteroatoms. The fourth-order valence-corrected chi connectivity index (χ4v) is 4.63. The molecule has 104 valence electrons. The normalized spacial score (nSPS) is 30.1. The van der Waals surface area contributed by atoms with E-state index in [1.54, 1.807) is 0 Å². The van der Waals surface area contributed by atoms with Gasteiger partial charge in [-0.2, -0.15) is 11.8 Å². The summed E-state index contributed by atoms with van der Waals surface area (Å²) in [6.45, 7) is 0. The Morgan fingerprint density at radius 1 is 1.17 bits per heavy atom. The number of rotatable bonds is 4. The quantitative estimate of drug-likeness (QED) is 0.804. The van der Waals surface area contributed by atoms with E-state index < -0.39 is 0 Å². The highest BCUT2D eigenvalue weighted by Crippen LogP contribution is 2.27. The molecule has 0 aromatic rings. The Bertz CT molecular complexity index is 269. The maximum absolute atomic E-state index is 12.1. The summed E-state index contributed by atoms with van der Waals surface area (Å²) >= 11 is 8.01. The third-order valence-corrected chi connectivity index (χ3v) is 5.71. The monoisotopic (exact) mass is 289 g/mol. The predicted molar refractivity (Wildman–Crippen MR) is 79.3 cm³/mol. The molecule has 2 nitrogen and oxygen atoms in total. The number of hydrogen-bond acceptors (Lipinski definition) is 2. The third kappa shape index (κ3) is 4.34. The van der Waals surface area contributed by atoms with Crippen molar-refractivity contribution < 1.29 is 4.79 Å². The van der Waals surface area contributed by atoms with Crippen molar-refractivity contribution in [2.45, 2.75) is 51.0 Å². The average molecular weight is 290 g/mol. The van der Waals surface area contributed by atoms with Gasteiger partial charge in [-0.15, -0.1) is 11.6 Å². The van der Waals surface area contributed by atoms with Crippen LogP contribution in [0.25, 0.3) is 0 Å². The van der Waals surface area contributed by atoms with Gasteiger partial charge in [-0.1, -0.05) is 12.8 Å². The van der Waals surface area contributed by atoms with Gasteiger partial charge in [0.1, 0.15) is 0 Å². The van der Waals surface area contributed by atoms with Gasteiger partial charge in [0.25, 0.3) is 0 Å². The number of carbonyl (C=O) groups excluding carboxylic acids is 1. The third-order valence-electron chi connectivity index (χ3n) is 4.27. The molecule has 0 bridgehead atoms. The Morgan fingerprint density at radius 3 is 2.61 bits per heavy atom. The summed E-state index contributed by atoms with van der Waals surface area (Å²) in [4.78, 5) is 12.1. The van der Waals surface area contributed by atoms with Crippen LogP contribution in [-0.2, 0) is 4.79 Å². The lowest BCUT2D eigenvalue weighted by Gasteiger charge is -2.31. The van der Waals surface area contributed by atoms with E-state index >= 15 is 0 Å². The van der Waals surface area contributed by atoms with Crippen molar-refractivity contribution in [3.8, 4) is 0 Å². The maximum Gasteiger partial charge on any atom is 0.220 e. The second-order valence-corrected chi connectivity index (χ2v) is 7.17. The largest absolute Gasteiger partial charge is 0.353 e. The van der Waals surface area contributed by atoms with Gasteiger partial charge in [0.05, 0.1) is 0 Å². The molecule has 0 spiro atoms. The molecule has 1 amide bonds. The summed E-state index contributed by atoms with van der Waals surface area (Å²) in [5, 5.41) is 3.24. The molecule has 2 aliphatic rings. The molecule has 1 N–H and O–H groups in total. The van der Waals surface area contributed by atoms with E-state index in [0.29, 0.717) is 23.8 Å². The Labute approximate surface area is 120 Å². The molecule has 0 radical (unpaired) electrons. The lowest BCUT2D eigenvalue weighted by atomic mass is 9.85. The molecule has 1 saturated carbocycles. The molecule has 2 fully saturated rings. The Balaban J connectivity index is 1.75. The first-order valence-electron chi connectivity index (χ1n) is 7.22. The van der Waals surface area contributed by atoms with Crippen LogP contribution in [0.2, 0.25) is 0 Å². The summed E-state index contributed by atoms with van der Waals surface area (Å²) in [5.41, 5.74) is 0. The fraction of sp³-hybridized carbons (Fsp3) is 0.929. The molecule has 2 atom stereocenters. The van der Waals surface area contributed by atoms with Gasteiger partial charge in [0.15, 0.2) is 0 Å². The second-order valence-electron chi connectivity index (χ2n) is 5.63. The first kappa shape index (κ1) is 14.5. The van der Waals surface area contributed by atoms with Crippen LogP contribution in [0.4, 0.5) is 0 Å². The summed E-state index contributed by atoms with van der Waals surface area (Å²) in [7, 11) is 0. The van der Waals surface area contributed by atoms with Crippen LogP contribution >= 0.6 is 23.4 Å². The van der Waals surface area contributed by atoms with Crippen molar-refractivity contribution in [3.05, 3.63) is 0 Å². The minimum atomic E-state index is 0.258. The highest BCUT2D eigenvalue weighted by molar-refractivity contribution is 7.99. The highest BCUT2D eigenvalue weighted by atomic mass is 35.5. The standard InChI is InChI=1S/C14H24ClNOS/c15-10-12-3-1-2-4-13(12)16-14(17)9-11-5-7-18-8-6-11/h11-13H,1-10H2,(H,16,17). The minimum absolute atomic E-state index is 0.258. The Hall–Kier alpha value is 0.110. The van der Waals surface area contributed by atoms with Gasteiger partial charge >= 0.3 is 0 Å². The lowest BCUT2D eigenvalue weighted by molar-refractivity contribution is -0.123. The number of amides is 1. The van der Waals surface area contributed by atoms with Crippen LogP contribution in [0, 0.1) is 11.8 Å². The van der Waals surface area contributed by atoms with E-state index in [1.807, 2.05) is 11.8 Å². The zero-order valence-corrected chi connectivity index (χ0v) is 12.6. The topological polar surface area (TPSA) is 29.1 Å². The SMILES string of the molecule is O=C(CC1CCSCC1)NC1CCCCC1CCl. The van der Waals surface area contributed by atoms with E-state index in [0.717, 1.165) is 12.8 Å². The number of nitrogens with one attached hydrogen (secondary N) is 1. The minimum Gasteiger partial charge on any atom is -0.353 e. The Morgan fingerprint density at radius 2 is 1.89 bits per heavy atom. The maximum atomic E-state index is 12.1. The van der Waals surface area contributed by atoms with Crippen LogP contribution < -0.4 is 5.32 Å². The zero-order valence-electron chi connectivity index (χ0n) is 11.0. The van der Waals surface area contributed by atoms with Gasteiger partial charge in [0, 0.05) is 18.3 Å². The van der Waals surface area contributed by atoms with Crippen molar-refractivity contribution in [1.82, 2.24) is 5.32 Å². The van der Waals surface area contributed by atoms with Crippen molar-refractivity contribution in [1.29, 1.82) is 0 Å². The first-order valence-corrected chi connectivity index (χ1v) is 8.91. The molecule has 1 aliphatic heterocycles. The predicted octanol–water partition coefficient (Wildman–Crippen LogP) is 3.43. The molecule has 1 aliphatic carbocycles. The van der Waals surface area contributed by atoms with Crippen LogP contribution in [-0.4, -0.2) is 29.3 Å². The highest BCUT2D eigenvalue weighted by Gasteiger charge is 2.26. The molecule has 2 unspecified atom stereocenters. The molecule has 18 heavy (non-hydrogen) atoms. The van der Waals surface area contributed by atoms with Crippen LogP contribution in [0.1, 0.15) is 44.9 Å². The summed E-state index contributed by atoms with van der Waals surface area (Å²) < 4.78 is 0. The number of halogens is 1. The molecule has 1 heterocycles. The number of thioether (sulfide) groups is 1. The smallest absolute Gasteiger partial charge is 0.220 e. The summed E-state index contributed by atoms with van der Waals surface area (Å²) in [6, 6.07) is 0.335. The van der Waals surface area contributed by atoms with Gasteiger partial charge in [-0.3, -0.25) is 4.79 Å². The molecule has 1 saturated heterocycles. The van der Waals surface area contributed by atoms with Gasteiger partial charge in [-0.25, -0.2) is 0 Å². The first-order chi connectivity index (χ1) is 8.79. The molecule has 2 rings (SSSR count). The fourth-order valence-electron chi connectivity index (χ4n) is 3.06. The van der Waals surface area contributed by atoms with Crippen LogP contribution in [0.3, 0.4) is 0 Å².